The molecule has 0 aromatic heterocycles. The standard InChI is InChI=1S/C15H22N2O4S/c1-3-12-21-14-4-6-15(7-5-14)22(19,20)17-10-8-16(9-11-17)13(2)18/h4-7H,3,8-12H2,1-2H3. The van der Waals surface area contributed by atoms with Gasteiger partial charge in [-0.05, 0) is 30.7 Å². The predicted octanol–water partition coefficient (Wildman–Crippen LogP) is 1.33. The Morgan fingerprint density at radius 2 is 1.73 bits per heavy atom. The lowest BCUT2D eigenvalue weighted by atomic mass is 10.3. The van der Waals surface area contributed by atoms with Gasteiger partial charge in [0.15, 0.2) is 0 Å². The summed E-state index contributed by atoms with van der Waals surface area (Å²) in [6, 6.07) is 6.48. The number of carbonyl (C=O) groups is 1. The first-order chi connectivity index (χ1) is 10.4. The highest BCUT2D eigenvalue weighted by Gasteiger charge is 2.29. The molecule has 1 aliphatic rings. The quantitative estimate of drug-likeness (QED) is 0.819. The van der Waals surface area contributed by atoms with E-state index in [1.165, 1.54) is 11.2 Å². The molecule has 1 saturated heterocycles. The minimum Gasteiger partial charge on any atom is -0.494 e. The molecule has 6 nitrogen and oxygen atoms in total. The molecule has 0 spiro atoms. The maximum atomic E-state index is 12.6. The molecule has 2 rings (SSSR count). The van der Waals surface area contributed by atoms with Crippen LogP contribution in [-0.4, -0.2) is 56.3 Å². The van der Waals surface area contributed by atoms with Crippen LogP contribution in [0.2, 0.25) is 0 Å². The SMILES string of the molecule is CCCOc1ccc(S(=O)(=O)N2CCN(C(C)=O)CC2)cc1. The number of rotatable bonds is 5. The maximum absolute atomic E-state index is 12.6. The zero-order chi connectivity index (χ0) is 16.2. The van der Waals surface area contributed by atoms with E-state index in [1.54, 1.807) is 29.2 Å². The van der Waals surface area contributed by atoms with Crippen LogP contribution in [0.15, 0.2) is 29.2 Å². The summed E-state index contributed by atoms with van der Waals surface area (Å²) in [6.07, 6.45) is 0.903. The van der Waals surface area contributed by atoms with Crippen molar-refractivity contribution in [1.82, 2.24) is 9.21 Å². The van der Waals surface area contributed by atoms with Gasteiger partial charge >= 0.3 is 0 Å². The van der Waals surface area contributed by atoms with E-state index >= 15 is 0 Å². The van der Waals surface area contributed by atoms with Gasteiger partial charge < -0.3 is 9.64 Å². The minimum absolute atomic E-state index is 0.0190. The number of hydrogen-bond donors (Lipinski definition) is 0. The van der Waals surface area contributed by atoms with Gasteiger partial charge in [-0.2, -0.15) is 4.31 Å². The summed E-state index contributed by atoms with van der Waals surface area (Å²) in [5, 5.41) is 0. The second kappa shape index (κ2) is 7.11. The Hall–Kier alpha value is -1.60. The highest BCUT2D eigenvalue weighted by Crippen LogP contribution is 2.21. The molecule has 1 heterocycles. The van der Waals surface area contributed by atoms with Gasteiger partial charge in [0, 0.05) is 33.1 Å². The van der Waals surface area contributed by atoms with Crippen LogP contribution >= 0.6 is 0 Å². The highest BCUT2D eigenvalue weighted by molar-refractivity contribution is 7.89. The third-order valence-electron chi connectivity index (χ3n) is 3.62. The van der Waals surface area contributed by atoms with E-state index < -0.39 is 10.0 Å². The van der Waals surface area contributed by atoms with Crippen molar-refractivity contribution in [2.45, 2.75) is 25.2 Å². The first kappa shape index (κ1) is 16.8. The van der Waals surface area contributed by atoms with Crippen molar-refractivity contribution in [3.8, 4) is 5.75 Å². The van der Waals surface area contributed by atoms with Crippen molar-refractivity contribution < 1.29 is 17.9 Å². The van der Waals surface area contributed by atoms with E-state index in [9.17, 15) is 13.2 Å². The summed E-state index contributed by atoms with van der Waals surface area (Å²) >= 11 is 0. The molecule has 0 bridgehead atoms. The smallest absolute Gasteiger partial charge is 0.243 e. The van der Waals surface area contributed by atoms with Crippen LogP contribution in [0.5, 0.6) is 5.75 Å². The van der Waals surface area contributed by atoms with Crippen molar-refractivity contribution >= 4 is 15.9 Å². The molecule has 7 heteroatoms. The molecule has 0 unspecified atom stereocenters. The molecule has 0 saturated carbocycles. The van der Waals surface area contributed by atoms with E-state index in [0.29, 0.717) is 38.5 Å². The van der Waals surface area contributed by atoms with E-state index in [4.69, 9.17) is 4.74 Å². The van der Waals surface area contributed by atoms with Gasteiger partial charge in [-0.1, -0.05) is 6.92 Å². The lowest BCUT2D eigenvalue weighted by Gasteiger charge is -2.33. The van der Waals surface area contributed by atoms with E-state index in [2.05, 4.69) is 0 Å². The van der Waals surface area contributed by atoms with E-state index in [-0.39, 0.29) is 10.8 Å². The van der Waals surface area contributed by atoms with Gasteiger partial charge in [-0.3, -0.25) is 4.79 Å². The molecule has 0 N–H and O–H groups in total. The Labute approximate surface area is 131 Å². The van der Waals surface area contributed by atoms with Crippen molar-refractivity contribution in [3.05, 3.63) is 24.3 Å². The summed E-state index contributed by atoms with van der Waals surface area (Å²) in [5.41, 5.74) is 0. The number of benzene rings is 1. The molecular formula is C15H22N2O4S. The second-order valence-electron chi connectivity index (χ2n) is 5.23. The monoisotopic (exact) mass is 326 g/mol. The Morgan fingerprint density at radius 1 is 1.14 bits per heavy atom. The van der Waals surface area contributed by atoms with Gasteiger partial charge in [0.1, 0.15) is 5.75 Å². The van der Waals surface area contributed by atoms with Gasteiger partial charge in [-0.15, -0.1) is 0 Å². The molecule has 0 atom stereocenters. The Bertz CT molecular complexity index is 605. The predicted molar refractivity (Wildman–Crippen MR) is 83.2 cm³/mol. The topological polar surface area (TPSA) is 66.9 Å². The second-order valence-corrected chi connectivity index (χ2v) is 7.17. The number of sulfonamides is 1. The fraction of sp³-hybridized carbons (Fsp3) is 0.533. The molecule has 1 aromatic carbocycles. The molecule has 1 fully saturated rings. The van der Waals surface area contributed by atoms with Crippen LogP contribution in [0.25, 0.3) is 0 Å². The molecule has 0 aliphatic carbocycles. The molecule has 1 aromatic rings. The first-order valence-corrected chi connectivity index (χ1v) is 8.87. The van der Waals surface area contributed by atoms with Crippen LogP contribution in [0.3, 0.4) is 0 Å². The lowest BCUT2D eigenvalue weighted by molar-refractivity contribution is -0.129. The molecule has 0 radical (unpaired) electrons. The Morgan fingerprint density at radius 3 is 2.23 bits per heavy atom. The van der Waals surface area contributed by atoms with Crippen LogP contribution in [0.4, 0.5) is 0 Å². The summed E-state index contributed by atoms with van der Waals surface area (Å²) in [7, 11) is -3.51. The molecule has 22 heavy (non-hydrogen) atoms. The van der Waals surface area contributed by atoms with Crippen LogP contribution < -0.4 is 4.74 Å². The van der Waals surface area contributed by atoms with Crippen LogP contribution in [0, 0.1) is 0 Å². The van der Waals surface area contributed by atoms with Crippen molar-refractivity contribution in [2.24, 2.45) is 0 Å². The number of amides is 1. The summed E-state index contributed by atoms with van der Waals surface area (Å²) in [5.74, 6) is 0.650. The largest absolute Gasteiger partial charge is 0.494 e. The number of hydrogen-bond acceptors (Lipinski definition) is 4. The maximum Gasteiger partial charge on any atom is 0.243 e. The van der Waals surface area contributed by atoms with Gasteiger partial charge in [0.05, 0.1) is 11.5 Å². The normalized spacial score (nSPS) is 16.5. The average Bonchev–Trinajstić information content (AvgIpc) is 2.53. The molecular weight excluding hydrogens is 304 g/mol. The number of carbonyl (C=O) groups excluding carboxylic acids is 1. The average molecular weight is 326 g/mol. The van der Waals surface area contributed by atoms with Gasteiger partial charge in [0.2, 0.25) is 15.9 Å². The zero-order valence-electron chi connectivity index (χ0n) is 13.0. The summed E-state index contributed by atoms with van der Waals surface area (Å²) in [4.78, 5) is 13.2. The Kier molecular flexibility index (Phi) is 5.42. The third-order valence-corrected chi connectivity index (χ3v) is 5.53. The third kappa shape index (κ3) is 3.78. The first-order valence-electron chi connectivity index (χ1n) is 7.43. The molecule has 1 aliphatic heterocycles. The Balaban J connectivity index is 2.06. The van der Waals surface area contributed by atoms with E-state index in [1.807, 2.05) is 6.92 Å². The number of ether oxygens (including phenoxy) is 1. The van der Waals surface area contributed by atoms with E-state index in [0.717, 1.165) is 6.42 Å². The minimum atomic E-state index is -3.51. The zero-order valence-corrected chi connectivity index (χ0v) is 13.8. The van der Waals surface area contributed by atoms with Gasteiger partial charge in [-0.25, -0.2) is 8.42 Å². The molecule has 1 amide bonds. The van der Waals surface area contributed by atoms with Crippen LogP contribution in [-0.2, 0) is 14.8 Å². The lowest BCUT2D eigenvalue weighted by Crippen LogP contribution is -2.49. The van der Waals surface area contributed by atoms with Crippen molar-refractivity contribution in [3.63, 3.8) is 0 Å². The fourth-order valence-electron chi connectivity index (χ4n) is 2.32. The fourth-order valence-corrected chi connectivity index (χ4v) is 3.74. The highest BCUT2D eigenvalue weighted by atomic mass is 32.2. The van der Waals surface area contributed by atoms with Crippen molar-refractivity contribution in [1.29, 1.82) is 0 Å². The number of nitrogens with zero attached hydrogens (tertiary/aromatic N) is 2. The van der Waals surface area contributed by atoms with Gasteiger partial charge in [0.25, 0.3) is 0 Å². The van der Waals surface area contributed by atoms with Crippen LogP contribution in [0.1, 0.15) is 20.3 Å². The summed E-state index contributed by atoms with van der Waals surface area (Å²) < 4.78 is 32.0. The van der Waals surface area contributed by atoms with Crippen molar-refractivity contribution in [2.75, 3.05) is 32.8 Å². The molecule has 122 valence electrons. The summed E-state index contributed by atoms with van der Waals surface area (Å²) in [6.45, 7) is 5.66. The number of piperazine rings is 1.